The Morgan fingerprint density at radius 1 is 1.20 bits per heavy atom. The molecule has 0 aromatic heterocycles. The quantitative estimate of drug-likeness (QED) is 0.608. The van der Waals surface area contributed by atoms with E-state index in [0.29, 0.717) is 31.8 Å². The largest absolute Gasteiger partial charge is 0.381 e. The Bertz CT molecular complexity index is 650. The molecule has 1 amide bonds. The monoisotopic (exact) mass is 368 g/mol. The molecule has 0 radical (unpaired) electrons. The van der Waals surface area contributed by atoms with Crippen LogP contribution in [-0.4, -0.2) is 51.5 Å². The third-order valence-corrected chi connectivity index (χ3v) is 6.33. The Kier molecular flexibility index (Phi) is 7.40. The maximum atomic E-state index is 12.4. The van der Waals surface area contributed by atoms with Crippen molar-refractivity contribution >= 4 is 15.9 Å². The average Bonchev–Trinajstić information content (AvgIpc) is 3.43. The molecule has 1 aromatic carbocycles. The number of nitrogens with one attached hydrogen (secondary N) is 1. The molecule has 1 aromatic rings. The Labute approximate surface area is 150 Å². The third-order valence-electron chi connectivity index (χ3n) is 4.26. The first-order valence-electron chi connectivity index (χ1n) is 8.95. The Morgan fingerprint density at radius 3 is 2.40 bits per heavy atom. The van der Waals surface area contributed by atoms with Crippen LogP contribution in [0.25, 0.3) is 0 Å². The van der Waals surface area contributed by atoms with E-state index in [2.05, 4.69) is 5.32 Å². The predicted molar refractivity (Wildman–Crippen MR) is 97.0 cm³/mol. The summed E-state index contributed by atoms with van der Waals surface area (Å²) in [7, 11) is -3.49. The van der Waals surface area contributed by atoms with E-state index in [0.717, 1.165) is 18.9 Å². The zero-order chi connectivity index (χ0) is 18.3. The van der Waals surface area contributed by atoms with E-state index in [1.165, 1.54) is 29.3 Å². The molecule has 0 atom stereocenters. The van der Waals surface area contributed by atoms with Crippen molar-refractivity contribution < 1.29 is 17.9 Å². The van der Waals surface area contributed by atoms with Crippen LogP contribution in [0.15, 0.2) is 29.2 Å². The van der Waals surface area contributed by atoms with Gasteiger partial charge in [-0.15, -0.1) is 0 Å². The van der Waals surface area contributed by atoms with Crippen LogP contribution in [0.3, 0.4) is 0 Å². The van der Waals surface area contributed by atoms with E-state index >= 15 is 0 Å². The maximum absolute atomic E-state index is 12.4. The standard InChI is InChI=1S/C18H28N2O4S/c1-3-20(4-2)25(22,23)17-10-8-16(9-11-17)18(21)19-12-5-13-24-14-15-6-7-15/h8-11,15H,3-7,12-14H2,1-2H3,(H,19,21). The molecule has 0 heterocycles. The fraction of sp³-hybridized carbons (Fsp3) is 0.611. The summed E-state index contributed by atoms with van der Waals surface area (Å²) >= 11 is 0. The van der Waals surface area contributed by atoms with Crippen molar-refractivity contribution in [3.8, 4) is 0 Å². The molecule has 0 aliphatic heterocycles. The fourth-order valence-electron chi connectivity index (χ4n) is 2.50. The van der Waals surface area contributed by atoms with E-state index in [-0.39, 0.29) is 10.8 Å². The lowest BCUT2D eigenvalue weighted by molar-refractivity contribution is 0.0937. The summed E-state index contributed by atoms with van der Waals surface area (Å²) in [5.74, 6) is 0.551. The van der Waals surface area contributed by atoms with Crippen LogP contribution >= 0.6 is 0 Å². The molecule has 7 heteroatoms. The number of hydrogen-bond donors (Lipinski definition) is 1. The van der Waals surface area contributed by atoms with Gasteiger partial charge in [-0.1, -0.05) is 13.8 Å². The van der Waals surface area contributed by atoms with Crippen LogP contribution in [-0.2, 0) is 14.8 Å². The van der Waals surface area contributed by atoms with Gasteiger partial charge in [-0.3, -0.25) is 4.79 Å². The molecule has 0 unspecified atom stereocenters. The van der Waals surface area contributed by atoms with Gasteiger partial charge >= 0.3 is 0 Å². The van der Waals surface area contributed by atoms with Gasteiger partial charge in [0.05, 0.1) is 4.90 Å². The van der Waals surface area contributed by atoms with E-state index in [1.807, 2.05) is 0 Å². The summed E-state index contributed by atoms with van der Waals surface area (Å²) in [6.45, 7) is 6.47. The molecule has 1 aliphatic carbocycles. The fourth-order valence-corrected chi connectivity index (χ4v) is 3.96. The highest BCUT2D eigenvalue weighted by atomic mass is 32.2. The minimum Gasteiger partial charge on any atom is -0.381 e. The number of benzene rings is 1. The van der Waals surface area contributed by atoms with Crippen LogP contribution in [0.4, 0.5) is 0 Å². The topological polar surface area (TPSA) is 75.7 Å². The highest BCUT2D eigenvalue weighted by molar-refractivity contribution is 7.89. The molecule has 1 aliphatic rings. The van der Waals surface area contributed by atoms with Crippen molar-refractivity contribution in [1.82, 2.24) is 9.62 Å². The molecule has 0 bridgehead atoms. The van der Waals surface area contributed by atoms with Crippen molar-refractivity contribution in [3.63, 3.8) is 0 Å². The molecule has 0 spiro atoms. The number of ether oxygens (including phenoxy) is 1. The second-order valence-electron chi connectivity index (χ2n) is 6.24. The van der Waals surface area contributed by atoms with Gasteiger partial charge in [0.2, 0.25) is 10.0 Å². The Morgan fingerprint density at radius 2 is 1.84 bits per heavy atom. The van der Waals surface area contributed by atoms with E-state index in [1.54, 1.807) is 26.0 Å². The molecule has 1 fully saturated rings. The minimum atomic E-state index is -3.49. The molecule has 1 N–H and O–H groups in total. The number of nitrogens with zero attached hydrogens (tertiary/aromatic N) is 1. The van der Waals surface area contributed by atoms with E-state index in [9.17, 15) is 13.2 Å². The van der Waals surface area contributed by atoms with Gasteiger partial charge in [0.15, 0.2) is 0 Å². The first-order chi connectivity index (χ1) is 12.0. The molecular weight excluding hydrogens is 340 g/mol. The van der Waals surface area contributed by atoms with Crippen LogP contribution in [0.1, 0.15) is 43.5 Å². The number of rotatable bonds is 11. The molecule has 2 rings (SSSR count). The first-order valence-corrected chi connectivity index (χ1v) is 10.4. The van der Waals surface area contributed by atoms with Gasteiger partial charge in [0.1, 0.15) is 0 Å². The zero-order valence-electron chi connectivity index (χ0n) is 15.0. The lowest BCUT2D eigenvalue weighted by Gasteiger charge is -2.18. The lowest BCUT2D eigenvalue weighted by Crippen LogP contribution is -2.30. The van der Waals surface area contributed by atoms with E-state index < -0.39 is 10.0 Å². The average molecular weight is 368 g/mol. The summed E-state index contributed by atoms with van der Waals surface area (Å²) in [6, 6.07) is 6.08. The molecule has 0 saturated heterocycles. The van der Waals surface area contributed by atoms with Crippen LogP contribution in [0, 0.1) is 5.92 Å². The van der Waals surface area contributed by atoms with Crippen molar-refractivity contribution in [3.05, 3.63) is 29.8 Å². The number of amides is 1. The highest BCUT2D eigenvalue weighted by Crippen LogP contribution is 2.28. The maximum Gasteiger partial charge on any atom is 0.251 e. The highest BCUT2D eigenvalue weighted by Gasteiger charge is 2.22. The van der Waals surface area contributed by atoms with Gasteiger partial charge in [-0.05, 0) is 49.4 Å². The predicted octanol–water partition coefficient (Wildman–Crippen LogP) is 2.26. The third kappa shape index (κ3) is 5.80. The van der Waals surface area contributed by atoms with Crippen LogP contribution in [0.2, 0.25) is 0 Å². The van der Waals surface area contributed by atoms with Crippen LogP contribution in [0.5, 0.6) is 0 Å². The van der Waals surface area contributed by atoms with Crippen molar-refractivity contribution in [2.24, 2.45) is 5.92 Å². The smallest absolute Gasteiger partial charge is 0.251 e. The normalized spacial score (nSPS) is 14.7. The molecule has 1 saturated carbocycles. The Balaban J connectivity index is 1.80. The van der Waals surface area contributed by atoms with Gasteiger partial charge in [-0.25, -0.2) is 8.42 Å². The second kappa shape index (κ2) is 9.31. The number of sulfonamides is 1. The van der Waals surface area contributed by atoms with Crippen molar-refractivity contribution in [2.45, 2.75) is 38.0 Å². The van der Waals surface area contributed by atoms with Gasteiger partial charge in [0.25, 0.3) is 5.91 Å². The molecular formula is C18H28N2O4S. The summed E-state index contributed by atoms with van der Waals surface area (Å²) in [4.78, 5) is 12.3. The summed E-state index contributed by atoms with van der Waals surface area (Å²) < 4.78 is 31.7. The summed E-state index contributed by atoms with van der Waals surface area (Å²) in [6.07, 6.45) is 3.32. The number of hydrogen-bond acceptors (Lipinski definition) is 4. The lowest BCUT2D eigenvalue weighted by atomic mass is 10.2. The number of carbonyl (C=O) groups is 1. The summed E-state index contributed by atoms with van der Waals surface area (Å²) in [5.41, 5.74) is 0.456. The SMILES string of the molecule is CCN(CC)S(=O)(=O)c1ccc(C(=O)NCCCOCC2CC2)cc1. The second-order valence-corrected chi connectivity index (χ2v) is 8.18. The van der Waals surface area contributed by atoms with Gasteiger partial charge < -0.3 is 10.1 Å². The molecule has 6 nitrogen and oxygen atoms in total. The summed E-state index contributed by atoms with van der Waals surface area (Å²) in [5, 5.41) is 2.83. The van der Waals surface area contributed by atoms with Gasteiger partial charge in [0, 0.05) is 38.4 Å². The molecule has 25 heavy (non-hydrogen) atoms. The minimum absolute atomic E-state index is 0.200. The zero-order valence-corrected chi connectivity index (χ0v) is 15.8. The van der Waals surface area contributed by atoms with E-state index in [4.69, 9.17) is 4.74 Å². The Hall–Kier alpha value is -1.44. The first kappa shape index (κ1) is 19.9. The van der Waals surface area contributed by atoms with Crippen molar-refractivity contribution in [1.29, 1.82) is 0 Å². The molecule has 140 valence electrons. The number of carbonyl (C=O) groups excluding carboxylic acids is 1. The van der Waals surface area contributed by atoms with Gasteiger partial charge in [-0.2, -0.15) is 4.31 Å². The van der Waals surface area contributed by atoms with Crippen molar-refractivity contribution in [2.75, 3.05) is 32.8 Å². The van der Waals surface area contributed by atoms with Crippen LogP contribution < -0.4 is 5.32 Å².